The highest BCUT2D eigenvalue weighted by atomic mass is 15.2. The first kappa shape index (κ1) is 15.5. The molecule has 0 radical (unpaired) electrons. The van der Waals surface area contributed by atoms with Crippen LogP contribution in [0.15, 0.2) is 30.3 Å². The number of hydrogen-bond acceptors (Lipinski definition) is 3. The Morgan fingerprint density at radius 2 is 2.00 bits per heavy atom. The third kappa shape index (κ3) is 4.58. The Morgan fingerprint density at radius 3 is 2.65 bits per heavy atom. The lowest BCUT2D eigenvalue weighted by Crippen LogP contribution is -2.45. The van der Waals surface area contributed by atoms with Crippen LogP contribution in [0, 0.1) is 0 Å². The van der Waals surface area contributed by atoms with Crippen molar-refractivity contribution in [2.24, 2.45) is 0 Å². The fourth-order valence-electron chi connectivity index (χ4n) is 3.02. The highest BCUT2D eigenvalue weighted by molar-refractivity contribution is 5.19. The highest BCUT2D eigenvalue weighted by Gasteiger charge is 2.20. The lowest BCUT2D eigenvalue weighted by Gasteiger charge is -2.34. The predicted molar refractivity (Wildman–Crippen MR) is 86.0 cm³/mol. The van der Waals surface area contributed by atoms with Crippen LogP contribution in [0.4, 0.5) is 0 Å². The van der Waals surface area contributed by atoms with Crippen molar-refractivity contribution in [3.63, 3.8) is 0 Å². The van der Waals surface area contributed by atoms with E-state index in [4.69, 9.17) is 0 Å². The molecule has 1 N–H and O–H groups in total. The van der Waals surface area contributed by atoms with Gasteiger partial charge < -0.3 is 15.1 Å². The molecule has 1 aliphatic heterocycles. The van der Waals surface area contributed by atoms with Gasteiger partial charge in [-0.25, -0.2) is 0 Å². The van der Waals surface area contributed by atoms with Gasteiger partial charge in [0.2, 0.25) is 0 Å². The number of piperidine rings is 1. The van der Waals surface area contributed by atoms with Gasteiger partial charge in [0.15, 0.2) is 0 Å². The fraction of sp³-hybridized carbons (Fsp3) is 0.647. The molecule has 3 heteroatoms. The zero-order valence-electron chi connectivity index (χ0n) is 13.2. The summed E-state index contributed by atoms with van der Waals surface area (Å²) in [5.74, 6) is 0. The van der Waals surface area contributed by atoms with E-state index in [0.717, 1.165) is 13.1 Å². The first-order valence-corrected chi connectivity index (χ1v) is 7.80. The quantitative estimate of drug-likeness (QED) is 0.860. The van der Waals surface area contributed by atoms with Crippen LogP contribution in [-0.4, -0.2) is 56.6 Å². The first-order chi connectivity index (χ1) is 9.66. The van der Waals surface area contributed by atoms with E-state index in [1.165, 1.54) is 31.4 Å². The van der Waals surface area contributed by atoms with Gasteiger partial charge in [-0.2, -0.15) is 0 Å². The van der Waals surface area contributed by atoms with Crippen LogP contribution in [0.2, 0.25) is 0 Å². The number of likely N-dealkylation sites (N-methyl/N-ethyl adjacent to an activating group) is 2. The summed E-state index contributed by atoms with van der Waals surface area (Å²) in [4.78, 5) is 4.77. The molecule has 0 bridgehead atoms. The summed E-state index contributed by atoms with van der Waals surface area (Å²) in [6.45, 7) is 3.38. The first-order valence-electron chi connectivity index (χ1n) is 7.80. The molecule has 1 aromatic rings. The summed E-state index contributed by atoms with van der Waals surface area (Å²) in [7, 11) is 6.55. The van der Waals surface area contributed by atoms with Crippen molar-refractivity contribution < 1.29 is 0 Å². The molecule has 2 atom stereocenters. The van der Waals surface area contributed by atoms with Crippen molar-refractivity contribution in [2.75, 3.05) is 40.8 Å². The van der Waals surface area contributed by atoms with Crippen LogP contribution in [-0.2, 0) is 0 Å². The maximum atomic E-state index is 3.78. The number of nitrogens with one attached hydrogen (secondary N) is 1. The van der Waals surface area contributed by atoms with E-state index in [2.05, 4.69) is 66.6 Å². The SMILES string of the molecule is CN(C)CC(NCC1CCCCN1C)c1ccccc1. The van der Waals surface area contributed by atoms with E-state index in [1.807, 2.05) is 0 Å². The van der Waals surface area contributed by atoms with Gasteiger partial charge in [-0.05, 0) is 46.1 Å². The van der Waals surface area contributed by atoms with Gasteiger partial charge in [-0.3, -0.25) is 0 Å². The Balaban J connectivity index is 1.94. The minimum absolute atomic E-state index is 0.418. The van der Waals surface area contributed by atoms with E-state index < -0.39 is 0 Å². The van der Waals surface area contributed by atoms with Gasteiger partial charge in [0, 0.05) is 25.2 Å². The van der Waals surface area contributed by atoms with E-state index >= 15 is 0 Å². The summed E-state index contributed by atoms with van der Waals surface area (Å²) >= 11 is 0. The van der Waals surface area contributed by atoms with E-state index in [1.54, 1.807) is 0 Å². The number of rotatable bonds is 6. The van der Waals surface area contributed by atoms with Crippen LogP contribution >= 0.6 is 0 Å². The minimum Gasteiger partial charge on any atom is -0.308 e. The van der Waals surface area contributed by atoms with Gasteiger partial charge in [-0.1, -0.05) is 36.8 Å². The van der Waals surface area contributed by atoms with Crippen molar-refractivity contribution >= 4 is 0 Å². The molecule has 2 unspecified atom stereocenters. The second-order valence-electron chi connectivity index (χ2n) is 6.26. The summed E-state index contributed by atoms with van der Waals surface area (Å²) in [5.41, 5.74) is 1.39. The molecule has 20 heavy (non-hydrogen) atoms. The molecule has 0 aromatic heterocycles. The zero-order valence-corrected chi connectivity index (χ0v) is 13.2. The van der Waals surface area contributed by atoms with Gasteiger partial charge in [0.05, 0.1) is 0 Å². The molecule has 0 aliphatic carbocycles. The second-order valence-corrected chi connectivity index (χ2v) is 6.26. The molecule has 1 fully saturated rings. The monoisotopic (exact) mass is 275 g/mol. The highest BCUT2D eigenvalue weighted by Crippen LogP contribution is 2.17. The Hall–Kier alpha value is -0.900. The number of nitrogens with zero attached hydrogens (tertiary/aromatic N) is 2. The topological polar surface area (TPSA) is 18.5 Å². The molecule has 1 heterocycles. The fourth-order valence-corrected chi connectivity index (χ4v) is 3.02. The van der Waals surface area contributed by atoms with Crippen molar-refractivity contribution in [2.45, 2.75) is 31.3 Å². The molecule has 3 nitrogen and oxygen atoms in total. The van der Waals surface area contributed by atoms with Crippen molar-refractivity contribution in [1.82, 2.24) is 15.1 Å². The molecular formula is C17H29N3. The maximum absolute atomic E-state index is 3.78. The van der Waals surface area contributed by atoms with Gasteiger partial charge in [-0.15, -0.1) is 0 Å². The molecule has 2 rings (SSSR count). The molecule has 1 saturated heterocycles. The van der Waals surface area contributed by atoms with Gasteiger partial charge in [0.1, 0.15) is 0 Å². The lowest BCUT2D eigenvalue weighted by molar-refractivity contribution is 0.175. The van der Waals surface area contributed by atoms with Crippen LogP contribution < -0.4 is 5.32 Å². The minimum atomic E-state index is 0.418. The summed E-state index contributed by atoms with van der Waals surface area (Å²) in [5, 5.41) is 3.78. The molecular weight excluding hydrogens is 246 g/mol. The Labute approximate surface area is 124 Å². The third-order valence-corrected chi connectivity index (χ3v) is 4.27. The molecule has 1 aliphatic rings. The summed E-state index contributed by atoms with van der Waals surface area (Å²) in [6.07, 6.45) is 4.06. The maximum Gasteiger partial charge on any atom is 0.0449 e. The summed E-state index contributed by atoms with van der Waals surface area (Å²) in [6, 6.07) is 11.9. The predicted octanol–water partition coefficient (Wildman–Crippen LogP) is 2.36. The average Bonchev–Trinajstić information content (AvgIpc) is 2.45. The van der Waals surface area contributed by atoms with E-state index in [-0.39, 0.29) is 0 Å². The zero-order chi connectivity index (χ0) is 14.4. The molecule has 0 spiro atoms. The summed E-state index contributed by atoms with van der Waals surface area (Å²) < 4.78 is 0. The van der Waals surface area contributed by atoms with Gasteiger partial charge >= 0.3 is 0 Å². The number of benzene rings is 1. The number of hydrogen-bond donors (Lipinski definition) is 1. The Bertz CT molecular complexity index is 377. The van der Waals surface area contributed by atoms with Crippen molar-refractivity contribution in [3.05, 3.63) is 35.9 Å². The molecule has 112 valence electrons. The van der Waals surface area contributed by atoms with Crippen LogP contribution in [0.1, 0.15) is 30.9 Å². The van der Waals surface area contributed by atoms with E-state index in [0.29, 0.717) is 12.1 Å². The van der Waals surface area contributed by atoms with Crippen molar-refractivity contribution in [3.8, 4) is 0 Å². The Morgan fingerprint density at radius 1 is 1.25 bits per heavy atom. The largest absolute Gasteiger partial charge is 0.308 e. The standard InChI is InChI=1S/C17H29N3/c1-19(2)14-17(15-9-5-4-6-10-15)18-13-16-11-7-8-12-20(16)3/h4-6,9-10,16-18H,7-8,11-14H2,1-3H3. The Kier molecular flexibility index (Phi) is 6.02. The second kappa shape index (κ2) is 7.77. The molecule has 1 aromatic carbocycles. The third-order valence-electron chi connectivity index (χ3n) is 4.27. The molecule has 0 amide bonds. The van der Waals surface area contributed by atoms with Crippen LogP contribution in [0.5, 0.6) is 0 Å². The van der Waals surface area contributed by atoms with Crippen molar-refractivity contribution in [1.29, 1.82) is 0 Å². The van der Waals surface area contributed by atoms with E-state index in [9.17, 15) is 0 Å². The van der Waals surface area contributed by atoms with Crippen LogP contribution in [0.25, 0.3) is 0 Å². The normalized spacial score (nSPS) is 22.1. The lowest BCUT2D eigenvalue weighted by atomic mass is 10.0. The van der Waals surface area contributed by atoms with Crippen LogP contribution in [0.3, 0.4) is 0 Å². The molecule has 0 saturated carbocycles. The smallest absolute Gasteiger partial charge is 0.0449 e. The number of likely N-dealkylation sites (tertiary alicyclic amines) is 1. The average molecular weight is 275 g/mol. The van der Waals surface area contributed by atoms with Gasteiger partial charge in [0.25, 0.3) is 0 Å².